The van der Waals surface area contributed by atoms with Gasteiger partial charge in [0.15, 0.2) is 0 Å². The first-order chi connectivity index (χ1) is 8.65. The SMILES string of the molecule is CC(C)C1CCc2nc(-c3cn[nH]c3N)sc2C1. The van der Waals surface area contributed by atoms with Gasteiger partial charge in [0.1, 0.15) is 10.8 Å². The second kappa shape index (κ2) is 4.39. The lowest BCUT2D eigenvalue weighted by Crippen LogP contribution is -2.17. The smallest absolute Gasteiger partial charge is 0.129 e. The zero-order valence-corrected chi connectivity index (χ0v) is 11.5. The summed E-state index contributed by atoms with van der Waals surface area (Å²) in [5.41, 5.74) is 8.07. The largest absolute Gasteiger partial charge is 0.383 e. The molecule has 0 amide bonds. The van der Waals surface area contributed by atoms with Crippen molar-refractivity contribution in [1.82, 2.24) is 15.2 Å². The highest BCUT2D eigenvalue weighted by Crippen LogP contribution is 2.37. The number of aryl methyl sites for hydroxylation is 1. The molecule has 18 heavy (non-hydrogen) atoms. The van der Waals surface area contributed by atoms with Gasteiger partial charge < -0.3 is 5.73 Å². The molecule has 0 saturated carbocycles. The zero-order valence-electron chi connectivity index (χ0n) is 10.7. The Kier molecular flexibility index (Phi) is 2.86. The standard InChI is InChI=1S/C13H18N4S/c1-7(2)8-3-4-10-11(5-8)18-13(16-10)9-6-15-17-12(9)14/h6-8H,3-5H2,1-2H3,(H3,14,15,17). The summed E-state index contributed by atoms with van der Waals surface area (Å²) in [5, 5.41) is 7.74. The van der Waals surface area contributed by atoms with E-state index in [9.17, 15) is 0 Å². The quantitative estimate of drug-likeness (QED) is 0.874. The van der Waals surface area contributed by atoms with E-state index < -0.39 is 0 Å². The van der Waals surface area contributed by atoms with Gasteiger partial charge in [0.25, 0.3) is 0 Å². The molecule has 4 nitrogen and oxygen atoms in total. The molecule has 0 saturated heterocycles. The van der Waals surface area contributed by atoms with Gasteiger partial charge in [0.05, 0.1) is 17.5 Å². The van der Waals surface area contributed by atoms with E-state index in [0.29, 0.717) is 5.82 Å². The summed E-state index contributed by atoms with van der Waals surface area (Å²) in [5.74, 6) is 2.16. The van der Waals surface area contributed by atoms with Gasteiger partial charge in [0, 0.05) is 4.88 Å². The zero-order chi connectivity index (χ0) is 12.7. The van der Waals surface area contributed by atoms with Crippen molar-refractivity contribution in [2.24, 2.45) is 11.8 Å². The predicted molar refractivity (Wildman–Crippen MR) is 74.5 cm³/mol. The van der Waals surface area contributed by atoms with E-state index in [1.54, 1.807) is 17.5 Å². The van der Waals surface area contributed by atoms with Crippen molar-refractivity contribution in [3.05, 3.63) is 16.8 Å². The molecular weight excluding hydrogens is 244 g/mol. The molecule has 1 atom stereocenters. The Morgan fingerprint density at radius 2 is 2.33 bits per heavy atom. The number of thiazole rings is 1. The van der Waals surface area contributed by atoms with Crippen LogP contribution in [0, 0.1) is 11.8 Å². The molecule has 2 aromatic rings. The number of nitrogens with two attached hydrogens (primary N) is 1. The van der Waals surface area contributed by atoms with Crippen LogP contribution in [-0.2, 0) is 12.8 Å². The van der Waals surface area contributed by atoms with E-state index in [1.807, 2.05) is 0 Å². The first kappa shape index (κ1) is 11.7. The van der Waals surface area contributed by atoms with Gasteiger partial charge in [0.2, 0.25) is 0 Å². The van der Waals surface area contributed by atoms with E-state index in [1.165, 1.54) is 23.4 Å². The third-order valence-corrected chi connectivity index (χ3v) is 4.97. The van der Waals surface area contributed by atoms with Crippen LogP contribution in [0.15, 0.2) is 6.20 Å². The number of nitrogens with zero attached hydrogens (tertiary/aromatic N) is 2. The molecule has 0 aliphatic heterocycles. The highest BCUT2D eigenvalue weighted by Gasteiger charge is 2.25. The number of nitrogen functional groups attached to an aromatic ring is 1. The molecule has 5 heteroatoms. The molecule has 0 fully saturated rings. The second-order valence-electron chi connectivity index (χ2n) is 5.33. The average Bonchev–Trinajstić information content (AvgIpc) is 2.92. The maximum atomic E-state index is 5.85. The maximum absolute atomic E-state index is 5.85. The molecule has 2 heterocycles. The Morgan fingerprint density at radius 1 is 1.50 bits per heavy atom. The molecule has 0 bridgehead atoms. The van der Waals surface area contributed by atoms with Crippen molar-refractivity contribution in [3.63, 3.8) is 0 Å². The first-order valence-electron chi connectivity index (χ1n) is 6.43. The number of aromatic amines is 1. The van der Waals surface area contributed by atoms with Gasteiger partial charge in [-0.05, 0) is 31.1 Å². The fourth-order valence-corrected chi connectivity index (χ4v) is 3.78. The minimum Gasteiger partial charge on any atom is -0.383 e. The van der Waals surface area contributed by atoms with Crippen LogP contribution in [0.4, 0.5) is 5.82 Å². The Labute approximate surface area is 111 Å². The summed E-state index contributed by atoms with van der Waals surface area (Å²) in [6.45, 7) is 4.62. The Morgan fingerprint density at radius 3 is 3.00 bits per heavy atom. The number of hydrogen-bond donors (Lipinski definition) is 2. The average molecular weight is 262 g/mol. The van der Waals surface area contributed by atoms with Crippen molar-refractivity contribution in [1.29, 1.82) is 0 Å². The third-order valence-electron chi connectivity index (χ3n) is 3.82. The van der Waals surface area contributed by atoms with Crippen molar-refractivity contribution in [2.45, 2.75) is 33.1 Å². The van der Waals surface area contributed by atoms with E-state index in [4.69, 9.17) is 10.7 Å². The minimum absolute atomic E-state index is 0.613. The van der Waals surface area contributed by atoms with Crippen molar-refractivity contribution in [2.75, 3.05) is 5.73 Å². The van der Waals surface area contributed by atoms with Crippen molar-refractivity contribution >= 4 is 17.2 Å². The third kappa shape index (κ3) is 1.92. The number of aromatic nitrogens is 3. The van der Waals surface area contributed by atoms with Crippen LogP contribution in [0.1, 0.15) is 30.8 Å². The van der Waals surface area contributed by atoms with E-state index in [0.717, 1.165) is 28.8 Å². The molecule has 96 valence electrons. The van der Waals surface area contributed by atoms with Crippen LogP contribution < -0.4 is 5.73 Å². The topological polar surface area (TPSA) is 67.6 Å². The highest BCUT2D eigenvalue weighted by molar-refractivity contribution is 7.15. The number of nitrogens with one attached hydrogen (secondary N) is 1. The Hall–Kier alpha value is -1.36. The molecule has 1 aliphatic carbocycles. The van der Waals surface area contributed by atoms with Gasteiger partial charge in [-0.3, -0.25) is 5.10 Å². The van der Waals surface area contributed by atoms with Crippen LogP contribution in [-0.4, -0.2) is 15.2 Å². The van der Waals surface area contributed by atoms with Crippen LogP contribution in [0.5, 0.6) is 0 Å². The van der Waals surface area contributed by atoms with Crippen LogP contribution in [0.25, 0.3) is 10.6 Å². The van der Waals surface area contributed by atoms with Crippen LogP contribution in [0.2, 0.25) is 0 Å². The number of rotatable bonds is 2. The lowest BCUT2D eigenvalue weighted by atomic mass is 9.83. The molecular formula is C13H18N4S. The number of H-pyrrole nitrogens is 1. The maximum Gasteiger partial charge on any atom is 0.129 e. The molecule has 0 radical (unpaired) electrons. The number of hydrogen-bond acceptors (Lipinski definition) is 4. The summed E-state index contributed by atoms with van der Waals surface area (Å²) in [7, 11) is 0. The molecule has 1 aliphatic rings. The van der Waals surface area contributed by atoms with E-state index >= 15 is 0 Å². The molecule has 2 aromatic heterocycles. The van der Waals surface area contributed by atoms with Crippen LogP contribution >= 0.6 is 11.3 Å². The summed E-state index contributed by atoms with van der Waals surface area (Å²) in [6.07, 6.45) is 5.29. The Balaban J connectivity index is 1.92. The normalized spacial score (nSPS) is 19.2. The first-order valence-corrected chi connectivity index (χ1v) is 7.24. The summed E-state index contributed by atoms with van der Waals surface area (Å²) in [4.78, 5) is 6.17. The van der Waals surface area contributed by atoms with E-state index in [-0.39, 0.29) is 0 Å². The molecule has 0 spiro atoms. The van der Waals surface area contributed by atoms with Gasteiger partial charge in [-0.15, -0.1) is 11.3 Å². The fraction of sp³-hybridized carbons (Fsp3) is 0.538. The fourth-order valence-electron chi connectivity index (χ4n) is 2.55. The second-order valence-corrected chi connectivity index (χ2v) is 6.42. The van der Waals surface area contributed by atoms with Gasteiger partial charge in [-0.2, -0.15) is 5.10 Å². The van der Waals surface area contributed by atoms with Gasteiger partial charge >= 0.3 is 0 Å². The van der Waals surface area contributed by atoms with Crippen LogP contribution in [0.3, 0.4) is 0 Å². The monoisotopic (exact) mass is 262 g/mol. The number of anilines is 1. The van der Waals surface area contributed by atoms with E-state index in [2.05, 4.69) is 24.0 Å². The number of fused-ring (bicyclic) bond motifs is 1. The molecule has 0 aromatic carbocycles. The van der Waals surface area contributed by atoms with Crippen molar-refractivity contribution in [3.8, 4) is 10.6 Å². The lowest BCUT2D eigenvalue weighted by molar-refractivity contribution is 0.344. The molecule has 3 rings (SSSR count). The summed E-state index contributed by atoms with van der Waals surface area (Å²) >= 11 is 1.78. The minimum atomic E-state index is 0.613. The predicted octanol–water partition coefficient (Wildman–Crippen LogP) is 2.88. The lowest BCUT2D eigenvalue weighted by Gasteiger charge is -2.24. The summed E-state index contributed by atoms with van der Waals surface area (Å²) < 4.78 is 0. The molecule has 1 unspecified atom stereocenters. The van der Waals surface area contributed by atoms with Gasteiger partial charge in [-0.25, -0.2) is 4.98 Å². The highest BCUT2D eigenvalue weighted by atomic mass is 32.1. The molecule has 3 N–H and O–H groups in total. The van der Waals surface area contributed by atoms with Gasteiger partial charge in [-0.1, -0.05) is 13.8 Å². The Bertz CT molecular complexity index is 555. The van der Waals surface area contributed by atoms with Crippen molar-refractivity contribution < 1.29 is 0 Å². The summed E-state index contributed by atoms with van der Waals surface area (Å²) in [6, 6.07) is 0.